The number of hydrogen-bond donors (Lipinski definition) is 0. The number of benzene rings is 1. The summed E-state index contributed by atoms with van der Waals surface area (Å²) in [5, 5.41) is 0. The fourth-order valence-corrected chi connectivity index (χ4v) is 1.49. The number of pyridine rings is 1. The van der Waals surface area contributed by atoms with Gasteiger partial charge in [0.25, 0.3) is 0 Å². The zero-order chi connectivity index (χ0) is 12.8. The number of aromatic nitrogens is 1. The first-order valence-electron chi connectivity index (χ1n) is 5.49. The number of ether oxygens (including phenoxy) is 2. The van der Waals surface area contributed by atoms with Crippen LogP contribution in [-0.2, 0) is 11.3 Å². The second-order valence-electron chi connectivity index (χ2n) is 3.67. The predicted molar refractivity (Wildman–Crippen MR) is 66.4 cm³/mol. The molecule has 18 heavy (non-hydrogen) atoms. The predicted octanol–water partition coefficient (Wildman–Crippen LogP) is 2.45. The van der Waals surface area contributed by atoms with E-state index in [1.807, 2.05) is 12.1 Å². The van der Waals surface area contributed by atoms with Gasteiger partial charge in [-0.15, -0.1) is 0 Å². The first-order chi connectivity index (χ1) is 8.79. The van der Waals surface area contributed by atoms with Gasteiger partial charge in [0.05, 0.1) is 12.7 Å². The minimum Gasteiger partial charge on any atom is -0.489 e. The molecule has 4 heteroatoms. The summed E-state index contributed by atoms with van der Waals surface area (Å²) in [5.41, 5.74) is 1.76. The third-order valence-electron chi connectivity index (χ3n) is 2.39. The number of rotatable bonds is 1. The first-order valence-corrected chi connectivity index (χ1v) is 5.49. The van der Waals surface area contributed by atoms with Gasteiger partial charge in [0.1, 0.15) is 12.4 Å². The molecule has 0 fully saturated rings. The minimum atomic E-state index is -0.354. The minimum absolute atomic E-state index is 0.354. The Balaban J connectivity index is 0.000000136. The van der Waals surface area contributed by atoms with E-state index in [0.29, 0.717) is 5.56 Å². The van der Waals surface area contributed by atoms with Crippen LogP contribution in [0.1, 0.15) is 15.9 Å². The fraction of sp³-hybridized carbons (Fsp3) is 0.143. The van der Waals surface area contributed by atoms with E-state index in [1.54, 1.807) is 18.3 Å². The van der Waals surface area contributed by atoms with E-state index in [-0.39, 0.29) is 5.97 Å². The van der Waals surface area contributed by atoms with Crippen molar-refractivity contribution in [1.82, 2.24) is 4.98 Å². The second kappa shape index (κ2) is 5.82. The van der Waals surface area contributed by atoms with Crippen molar-refractivity contribution in [1.29, 1.82) is 0 Å². The van der Waals surface area contributed by atoms with Gasteiger partial charge in [-0.05, 0) is 29.8 Å². The summed E-state index contributed by atoms with van der Waals surface area (Å²) in [4.78, 5) is 14.5. The molecule has 0 N–H and O–H groups in total. The van der Waals surface area contributed by atoms with Crippen LogP contribution >= 0.6 is 0 Å². The van der Waals surface area contributed by atoms with Crippen molar-refractivity contribution in [3.63, 3.8) is 0 Å². The number of carbonyl (C=O) groups is 1. The number of hydrogen-bond acceptors (Lipinski definition) is 4. The number of fused-ring (bicyclic) bond motifs is 2. The van der Waals surface area contributed by atoms with Gasteiger partial charge < -0.3 is 9.47 Å². The van der Waals surface area contributed by atoms with Gasteiger partial charge in [-0.1, -0.05) is 12.1 Å². The van der Waals surface area contributed by atoms with Crippen molar-refractivity contribution in [2.45, 2.75) is 6.61 Å². The van der Waals surface area contributed by atoms with Crippen molar-refractivity contribution in [3.8, 4) is 5.75 Å². The summed E-state index contributed by atoms with van der Waals surface area (Å²) in [6.45, 7) is 0.766. The lowest BCUT2D eigenvalue weighted by Gasteiger charge is -1.94. The molecule has 4 nitrogen and oxygen atoms in total. The normalized spacial score (nSPS) is 10.9. The van der Waals surface area contributed by atoms with Gasteiger partial charge in [-0.3, -0.25) is 4.98 Å². The molecule has 1 aliphatic rings. The second-order valence-corrected chi connectivity index (χ2v) is 3.67. The van der Waals surface area contributed by atoms with Crippen LogP contribution in [0.5, 0.6) is 5.75 Å². The maximum atomic E-state index is 10.8. The van der Waals surface area contributed by atoms with Gasteiger partial charge in [-0.25, -0.2) is 4.79 Å². The third-order valence-corrected chi connectivity index (χ3v) is 2.39. The highest BCUT2D eigenvalue weighted by molar-refractivity contribution is 5.88. The topological polar surface area (TPSA) is 48.4 Å². The van der Waals surface area contributed by atoms with E-state index in [0.717, 1.165) is 12.4 Å². The van der Waals surface area contributed by atoms with Crippen molar-refractivity contribution in [2.75, 3.05) is 7.11 Å². The van der Waals surface area contributed by atoms with E-state index in [9.17, 15) is 4.79 Å². The van der Waals surface area contributed by atoms with Crippen LogP contribution in [0, 0.1) is 0 Å². The highest BCUT2D eigenvalue weighted by Gasteiger charge is 2.03. The molecule has 1 aromatic carbocycles. The molecular weight excluding hydrogens is 230 g/mol. The zero-order valence-corrected chi connectivity index (χ0v) is 10.00. The lowest BCUT2D eigenvalue weighted by atomic mass is 10.2. The Labute approximate surface area is 105 Å². The quantitative estimate of drug-likeness (QED) is 0.722. The lowest BCUT2D eigenvalue weighted by molar-refractivity contribution is 0.0600. The summed E-state index contributed by atoms with van der Waals surface area (Å²) in [6.07, 6.45) is 3.07. The summed E-state index contributed by atoms with van der Waals surface area (Å²) in [5.74, 6) is 0.649. The molecule has 1 aliphatic heterocycles. The molecule has 0 saturated carbocycles. The summed E-state index contributed by atoms with van der Waals surface area (Å²) < 4.78 is 9.64. The average Bonchev–Trinajstić information content (AvgIpc) is 2.78. The lowest BCUT2D eigenvalue weighted by Crippen LogP contribution is -2.00. The maximum Gasteiger partial charge on any atom is 0.339 e. The summed E-state index contributed by atoms with van der Waals surface area (Å²) in [6, 6.07) is 11.4. The molecule has 3 rings (SSSR count). The summed E-state index contributed by atoms with van der Waals surface area (Å²) >= 11 is 0. The zero-order valence-electron chi connectivity index (χ0n) is 10.00. The van der Waals surface area contributed by atoms with Gasteiger partial charge in [-0.2, -0.15) is 0 Å². The SMILES string of the molecule is COC(=O)c1cccnc1.c1cc2cc(c1)OC2. The molecule has 2 aromatic rings. The van der Waals surface area contributed by atoms with Crippen LogP contribution in [0.25, 0.3) is 0 Å². The highest BCUT2D eigenvalue weighted by Crippen LogP contribution is 2.20. The Hall–Kier alpha value is -2.36. The molecule has 2 bridgehead atoms. The van der Waals surface area contributed by atoms with Crippen LogP contribution in [0.3, 0.4) is 0 Å². The number of nitrogens with zero attached hydrogens (tertiary/aromatic N) is 1. The molecule has 0 atom stereocenters. The van der Waals surface area contributed by atoms with Gasteiger partial charge in [0, 0.05) is 12.4 Å². The number of esters is 1. The van der Waals surface area contributed by atoms with Crippen LogP contribution in [0.15, 0.2) is 48.8 Å². The van der Waals surface area contributed by atoms with Crippen molar-refractivity contribution in [2.24, 2.45) is 0 Å². The standard InChI is InChI=1S/C7H7NO2.C7H6O/c1-10-7(9)6-3-2-4-8-5-6;1-2-6-4-7(3-1)8-5-6/h2-5H,1H3;1-4H,5H2. The first kappa shape index (κ1) is 12.1. The molecule has 0 aliphatic carbocycles. The monoisotopic (exact) mass is 243 g/mol. The highest BCUT2D eigenvalue weighted by atomic mass is 16.5. The summed E-state index contributed by atoms with van der Waals surface area (Å²) in [7, 11) is 1.34. The van der Waals surface area contributed by atoms with Crippen molar-refractivity contribution >= 4 is 5.97 Å². The molecule has 0 saturated heterocycles. The van der Waals surface area contributed by atoms with Crippen LogP contribution in [0.4, 0.5) is 0 Å². The number of carbonyl (C=O) groups excluding carboxylic acids is 1. The molecule has 0 spiro atoms. The fourth-order valence-electron chi connectivity index (χ4n) is 1.49. The van der Waals surface area contributed by atoms with Crippen LogP contribution in [-0.4, -0.2) is 18.1 Å². The Morgan fingerprint density at radius 3 is 2.83 bits per heavy atom. The molecule has 1 aromatic heterocycles. The van der Waals surface area contributed by atoms with E-state index < -0.39 is 0 Å². The van der Waals surface area contributed by atoms with Crippen LogP contribution < -0.4 is 4.74 Å². The molecular formula is C14H13NO3. The molecule has 2 heterocycles. The van der Waals surface area contributed by atoms with E-state index >= 15 is 0 Å². The Morgan fingerprint density at radius 1 is 1.33 bits per heavy atom. The van der Waals surface area contributed by atoms with E-state index in [4.69, 9.17) is 4.74 Å². The molecule has 0 radical (unpaired) electrons. The third kappa shape index (κ3) is 3.07. The smallest absolute Gasteiger partial charge is 0.339 e. The Kier molecular flexibility index (Phi) is 3.91. The largest absolute Gasteiger partial charge is 0.489 e. The maximum absolute atomic E-state index is 10.8. The van der Waals surface area contributed by atoms with Gasteiger partial charge >= 0.3 is 5.97 Å². The van der Waals surface area contributed by atoms with Gasteiger partial charge in [0.15, 0.2) is 0 Å². The molecule has 0 amide bonds. The van der Waals surface area contributed by atoms with E-state index in [1.165, 1.54) is 18.9 Å². The van der Waals surface area contributed by atoms with Crippen molar-refractivity contribution in [3.05, 3.63) is 59.9 Å². The van der Waals surface area contributed by atoms with Crippen LogP contribution in [0.2, 0.25) is 0 Å². The average molecular weight is 243 g/mol. The van der Waals surface area contributed by atoms with Crippen molar-refractivity contribution < 1.29 is 14.3 Å². The number of methoxy groups -OCH3 is 1. The Morgan fingerprint density at radius 2 is 2.22 bits per heavy atom. The van der Waals surface area contributed by atoms with Gasteiger partial charge in [0.2, 0.25) is 0 Å². The molecule has 92 valence electrons. The molecule has 0 unspecified atom stereocenters. The Bertz CT molecular complexity index is 506. The van der Waals surface area contributed by atoms with E-state index in [2.05, 4.69) is 21.9 Å².